The van der Waals surface area contributed by atoms with Crippen LogP contribution in [0, 0.1) is 5.92 Å². The van der Waals surface area contributed by atoms with Crippen LogP contribution in [0.2, 0.25) is 0 Å². The van der Waals surface area contributed by atoms with Crippen molar-refractivity contribution < 1.29 is 13.2 Å². The molecule has 6 heteroatoms. The van der Waals surface area contributed by atoms with Crippen LogP contribution in [0.4, 0.5) is 11.4 Å². The van der Waals surface area contributed by atoms with Crippen LogP contribution in [0.1, 0.15) is 32.3 Å². The highest BCUT2D eigenvalue weighted by Gasteiger charge is 2.24. The molecule has 1 heterocycles. The topological polar surface area (TPSA) is 66.5 Å². The van der Waals surface area contributed by atoms with E-state index in [-0.39, 0.29) is 11.8 Å². The van der Waals surface area contributed by atoms with Crippen LogP contribution in [-0.4, -0.2) is 27.1 Å². The van der Waals surface area contributed by atoms with Gasteiger partial charge in [0.2, 0.25) is 15.9 Å². The molecule has 1 N–H and O–H groups in total. The first kappa shape index (κ1) is 15.8. The molecule has 21 heavy (non-hydrogen) atoms. The average Bonchev–Trinajstić information content (AvgIpc) is 2.35. The summed E-state index contributed by atoms with van der Waals surface area (Å²) in [6, 6.07) is 5.49. The number of benzene rings is 1. The van der Waals surface area contributed by atoms with Crippen LogP contribution in [0.15, 0.2) is 18.2 Å². The second kappa shape index (κ2) is 6.05. The van der Waals surface area contributed by atoms with E-state index >= 15 is 0 Å². The van der Waals surface area contributed by atoms with E-state index in [0.717, 1.165) is 18.4 Å². The van der Waals surface area contributed by atoms with Crippen molar-refractivity contribution in [3.05, 3.63) is 23.8 Å². The maximum atomic E-state index is 11.9. The number of hydrogen-bond donors (Lipinski definition) is 1. The van der Waals surface area contributed by atoms with Crippen molar-refractivity contribution in [3.8, 4) is 0 Å². The second-order valence-corrected chi connectivity index (χ2v) is 7.84. The number of sulfonamides is 1. The summed E-state index contributed by atoms with van der Waals surface area (Å²) in [7, 11) is -3.28. The lowest BCUT2D eigenvalue weighted by molar-refractivity contribution is -0.116. The summed E-state index contributed by atoms with van der Waals surface area (Å²) >= 11 is 0. The number of nitrogens with one attached hydrogen (secondary N) is 1. The van der Waals surface area contributed by atoms with E-state index in [1.54, 1.807) is 6.07 Å². The van der Waals surface area contributed by atoms with E-state index < -0.39 is 10.0 Å². The molecule has 0 fully saturated rings. The number of fused-ring (bicyclic) bond motifs is 1. The zero-order valence-corrected chi connectivity index (χ0v) is 13.5. The van der Waals surface area contributed by atoms with Crippen molar-refractivity contribution in [1.29, 1.82) is 0 Å². The summed E-state index contributed by atoms with van der Waals surface area (Å²) in [5.74, 6) is 0.238. The molecular formula is C15H22N2O3S. The molecule has 0 unspecified atom stereocenters. The highest BCUT2D eigenvalue weighted by Crippen LogP contribution is 2.31. The lowest BCUT2D eigenvalue weighted by Crippen LogP contribution is -2.34. The molecule has 1 aliphatic rings. The molecule has 2 rings (SSSR count). The van der Waals surface area contributed by atoms with Crippen molar-refractivity contribution >= 4 is 27.3 Å². The molecule has 0 spiro atoms. The molecule has 0 radical (unpaired) electrons. The zero-order chi connectivity index (χ0) is 15.6. The molecule has 1 aliphatic heterocycles. The summed E-state index contributed by atoms with van der Waals surface area (Å²) in [6.45, 7) is 4.46. The molecule has 0 saturated carbocycles. The van der Waals surface area contributed by atoms with Gasteiger partial charge in [-0.2, -0.15) is 0 Å². The van der Waals surface area contributed by atoms with Gasteiger partial charge in [0.25, 0.3) is 0 Å². The Kier molecular flexibility index (Phi) is 4.56. The van der Waals surface area contributed by atoms with Crippen molar-refractivity contribution in [3.63, 3.8) is 0 Å². The van der Waals surface area contributed by atoms with Crippen LogP contribution < -0.4 is 9.62 Å². The summed E-state index contributed by atoms with van der Waals surface area (Å²) in [6.07, 6.45) is 3.35. The average molecular weight is 310 g/mol. The third-order valence-electron chi connectivity index (χ3n) is 3.44. The van der Waals surface area contributed by atoms with Gasteiger partial charge < -0.3 is 5.32 Å². The van der Waals surface area contributed by atoms with Crippen LogP contribution in [0.3, 0.4) is 0 Å². The van der Waals surface area contributed by atoms with Crippen molar-refractivity contribution in [2.24, 2.45) is 5.92 Å². The predicted octanol–water partition coefficient (Wildman–Crippen LogP) is 2.38. The molecular weight excluding hydrogens is 288 g/mol. The van der Waals surface area contributed by atoms with Crippen molar-refractivity contribution in [2.45, 2.75) is 33.1 Å². The summed E-state index contributed by atoms with van der Waals surface area (Å²) in [4.78, 5) is 11.8. The lowest BCUT2D eigenvalue weighted by atomic mass is 10.0. The Morgan fingerprint density at radius 3 is 2.71 bits per heavy atom. The smallest absolute Gasteiger partial charge is 0.232 e. The number of amides is 1. The Hall–Kier alpha value is -1.56. The van der Waals surface area contributed by atoms with Gasteiger partial charge >= 0.3 is 0 Å². The Labute approximate surface area is 126 Å². The van der Waals surface area contributed by atoms with Crippen molar-refractivity contribution in [2.75, 3.05) is 22.4 Å². The van der Waals surface area contributed by atoms with Crippen LogP contribution in [0.5, 0.6) is 0 Å². The van der Waals surface area contributed by atoms with Gasteiger partial charge in [-0.25, -0.2) is 8.42 Å². The number of hydrogen-bond acceptors (Lipinski definition) is 3. The fraction of sp³-hybridized carbons (Fsp3) is 0.533. The molecule has 1 aromatic rings. The minimum absolute atomic E-state index is 0.0494. The Morgan fingerprint density at radius 1 is 1.38 bits per heavy atom. The fourth-order valence-electron chi connectivity index (χ4n) is 2.55. The Bertz CT molecular complexity index is 638. The van der Waals surface area contributed by atoms with Gasteiger partial charge in [-0.3, -0.25) is 9.10 Å². The molecule has 0 atom stereocenters. The quantitative estimate of drug-likeness (QED) is 0.928. The monoisotopic (exact) mass is 310 g/mol. The van der Waals surface area contributed by atoms with E-state index in [1.807, 2.05) is 26.0 Å². The summed E-state index contributed by atoms with van der Waals surface area (Å²) < 4.78 is 25.2. The number of anilines is 2. The number of carbonyl (C=O) groups is 1. The van der Waals surface area contributed by atoms with Gasteiger partial charge in [0.1, 0.15) is 0 Å². The first-order valence-corrected chi connectivity index (χ1v) is 9.02. The Balaban J connectivity index is 2.26. The van der Waals surface area contributed by atoms with Gasteiger partial charge in [0.05, 0.1) is 11.9 Å². The van der Waals surface area contributed by atoms with E-state index in [2.05, 4.69) is 5.32 Å². The van der Waals surface area contributed by atoms with Crippen LogP contribution in [0.25, 0.3) is 0 Å². The minimum atomic E-state index is -3.28. The van der Waals surface area contributed by atoms with Gasteiger partial charge in [0, 0.05) is 18.7 Å². The van der Waals surface area contributed by atoms with Gasteiger partial charge in [-0.05, 0) is 36.5 Å². The largest absolute Gasteiger partial charge is 0.326 e. The highest BCUT2D eigenvalue weighted by atomic mass is 32.2. The third kappa shape index (κ3) is 3.97. The van der Waals surface area contributed by atoms with Crippen LogP contribution >= 0.6 is 0 Å². The standard InChI is InChI=1S/C15H22N2O3S/c1-11(2)9-15(18)16-13-7-6-12-5-4-8-17(14(12)10-13)21(3,19)20/h6-7,10-11H,4-5,8-9H2,1-3H3,(H,16,18). The van der Waals surface area contributed by atoms with E-state index in [0.29, 0.717) is 24.3 Å². The second-order valence-electron chi connectivity index (χ2n) is 5.93. The summed E-state index contributed by atoms with van der Waals surface area (Å²) in [5.41, 5.74) is 2.34. The molecule has 5 nitrogen and oxygen atoms in total. The fourth-order valence-corrected chi connectivity index (χ4v) is 3.53. The van der Waals surface area contributed by atoms with E-state index in [4.69, 9.17) is 0 Å². The molecule has 116 valence electrons. The SMILES string of the molecule is CC(C)CC(=O)Nc1ccc2c(c1)N(S(C)(=O)=O)CCC2. The first-order chi connectivity index (χ1) is 9.77. The number of nitrogens with zero attached hydrogens (tertiary/aromatic N) is 1. The number of carbonyl (C=O) groups excluding carboxylic acids is 1. The molecule has 0 aliphatic carbocycles. The third-order valence-corrected chi connectivity index (χ3v) is 4.62. The molecule has 0 aromatic heterocycles. The maximum absolute atomic E-state index is 11.9. The number of rotatable bonds is 4. The van der Waals surface area contributed by atoms with Crippen molar-refractivity contribution in [1.82, 2.24) is 0 Å². The highest BCUT2D eigenvalue weighted by molar-refractivity contribution is 7.92. The maximum Gasteiger partial charge on any atom is 0.232 e. The predicted molar refractivity (Wildman–Crippen MR) is 85.0 cm³/mol. The van der Waals surface area contributed by atoms with Crippen LogP contribution in [-0.2, 0) is 21.2 Å². The first-order valence-electron chi connectivity index (χ1n) is 7.18. The van der Waals surface area contributed by atoms with Gasteiger partial charge in [0.15, 0.2) is 0 Å². The van der Waals surface area contributed by atoms with E-state index in [1.165, 1.54) is 10.6 Å². The molecule has 0 saturated heterocycles. The van der Waals surface area contributed by atoms with Gasteiger partial charge in [-0.1, -0.05) is 19.9 Å². The number of aryl methyl sites for hydroxylation is 1. The minimum Gasteiger partial charge on any atom is -0.326 e. The normalized spacial score (nSPS) is 15.0. The Morgan fingerprint density at radius 2 is 2.10 bits per heavy atom. The van der Waals surface area contributed by atoms with Gasteiger partial charge in [-0.15, -0.1) is 0 Å². The zero-order valence-electron chi connectivity index (χ0n) is 12.7. The lowest BCUT2D eigenvalue weighted by Gasteiger charge is -2.29. The summed E-state index contributed by atoms with van der Waals surface area (Å²) in [5, 5.41) is 2.83. The molecule has 1 amide bonds. The molecule has 1 aromatic carbocycles. The molecule has 0 bridgehead atoms. The van der Waals surface area contributed by atoms with E-state index in [9.17, 15) is 13.2 Å².